The Morgan fingerprint density at radius 2 is 1.76 bits per heavy atom. The molecule has 0 aromatic heterocycles. The SMILES string of the molecule is Cc1cccc(COC2COC(c3ccccc3)OC2)c1. The van der Waals surface area contributed by atoms with Gasteiger partial charge < -0.3 is 14.2 Å². The molecule has 1 saturated heterocycles. The lowest BCUT2D eigenvalue weighted by atomic mass is 10.1. The van der Waals surface area contributed by atoms with E-state index in [2.05, 4.69) is 25.1 Å². The van der Waals surface area contributed by atoms with Gasteiger partial charge in [-0.15, -0.1) is 0 Å². The van der Waals surface area contributed by atoms with Crippen LogP contribution in [0.25, 0.3) is 0 Å². The summed E-state index contributed by atoms with van der Waals surface area (Å²) in [5.74, 6) is 0. The fourth-order valence-corrected chi connectivity index (χ4v) is 2.40. The number of rotatable bonds is 4. The largest absolute Gasteiger partial charge is 0.369 e. The third kappa shape index (κ3) is 3.91. The maximum absolute atomic E-state index is 5.86. The normalized spacial score (nSPS) is 22.1. The highest BCUT2D eigenvalue weighted by atomic mass is 16.7. The van der Waals surface area contributed by atoms with E-state index in [0.29, 0.717) is 19.8 Å². The number of ether oxygens (including phenoxy) is 3. The summed E-state index contributed by atoms with van der Waals surface area (Å²) in [5.41, 5.74) is 3.48. The van der Waals surface area contributed by atoms with Crippen LogP contribution in [0.5, 0.6) is 0 Å². The Balaban J connectivity index is 1.48. The highest BCUT2D eigenvalue weighted by Gasteiger charge is 2.23. The smallest absolute Gasteiger partial charge is 0.184 e. The zero-order chi connectivity index (χ0) is 14.5. The van der Waals surface area contributed by atoms with Crippen LogP contribution in [-0.2, 0) is 20.8 Å². The summed E-state index contributed by atoms with van der Waals surface area (Å²) in [5, 5.41) is 0. The van der Waals surface area contributed by atoms with Gasteiger partial charge in [0.25, 0.3) is 0 Å². The van der Waals surface area contributed by atoms with Crippen LogP contribution >= 0.6 is 0 Å². The average Bonchev–Trinajstić information content (AvgIpc) is 2.54. The molecule has 2 aromatic carbocycles. The van der Waals surface area contributed by atoms with Crippen LogP contribution in [0, 0.1) is 6.92 Å². The van der Waals surface area contributed by atoms with Gasteiger partial charge in [0.05, 0.1) is 19.8 Å². The number of hydrogen-bond acceptors (Lipinski definition) is 3. The molecule has 3 rings (SSSR count). The fraction of sp³-hybridized carbons (Fsp3) is 0.333. The van der Waals surface area contributed by atoms with E-state index in [1.807, 2.05) is 36.4 Å². The van der Waals surface area contributed by atoms with Crippen molar-refractivity contribution in [3.8, 4) is 0 Å². The van der Waals surface area contributed by atoms with Crippen molar-refractivity contribution in [1.29, 1.82) is 0 Å². The van der Waals surface area contributed by atoms with Gasteiger partial charge in [0, 0.05) is 5.56 Å². The van der Waals surface area contributed by atoms with E-state index in [1.54, 1.807) is 0 Å². The minimum absolute atomic E-state index is 0.00882. The zero-order valence-corrected chi connectivity index (χ0v) is 12.2. The van der Waals surface area contributed by atoms with E-state index >= 15 is 0 Å². The van der Waals surface area contributed by atoms with E-state index in [1.165, 1.54) is 11.1 Å². The predicted molar refractivity (Wildman–Crippen MR) is 80.8 cm³/mol. The summed E-state index contributed by atoms with van der Waals surface area (Å²) in [4.78, 5) is 0. The van der Waals surface area contributed by atoms with Crippen molar-refractivity contribution in [2.75, 3.05) is 13.2 Å². The molecule has 0 radical (unpaired) electrons. The van der Waals surface area contributed by atoms with Gasteiger partial charge in [0.15, 0.2) is 6.29 Å². The second-order valence-electron chi connectivity index (χ2n) is 5.33. The Labute approximate surface area is 125 Å². The minimum Gasteiger partial charge on any atom is -0.369 e. The molecule has 1 aliphatic rings. The number of hydrogen-bond donors (Lipinski definition) is 0. The van der Waals surface area contributed by atoms with Crippen LogP contribution in [0.4, 0.5) is 0 Å². The minimum atomic E-state index is -0.273. The molecule has 0 aliphatic carbocycles. The summed E-state index contributed by atoms with van der Waals surface area (Å²) in [7, 11) is 0. The topological polar surface area (TPSA) is 27.7 Å². The van der Waals surface area contributed by atoms with E-state index in [9.17, 15) is 0 Å². The Hall–Kier alpha value is -1.68. The molecule has 0 bridgehead atoms. The summed E-state index contributed by atoms with van der Waals surface area (Å²) in [6.07, 6.45) is -0.282. The van der Waals surface area contributed by atoms with Crippen molar-refractivity contribution in [3.63, 3.8) is 0 Å². The van der Waals surface area contributed by atoms with Crippen LogP contribution in [0.2, 0.25) is 0 Å². The number of aryl methyl sites for hydroxylation is 1. The molecule has 0 unspecified atom stereocenters. The summed E-state index contributed by atoms with van der Waals surface area (Å²) in [6.45, 7) is 3.80. The number of benzene rings is 2. The van der Waals surface area contributed by atoms with Gasteiger partial charge in [-0.05, 0) is 12.5 Å². The van der Waals surface area contributed by atoms with Crippen molar-refractivity contribution in [2.45, 2.75) is 25.9 Å². The Morgan fingerprint density at radius 1 is 1.00 bits per heavy atom. The molecule has 1 aliphatic heterocycles. The Kier molecular flexibility index (Phi) is 4.65. The fourth-order valence-electron chi connectivity index (χ4n) is 2.40. The summed E-state index contributed by atoms with van der Waals surface area (Å²) >= 11 is 0. The third-order valence-corrected chi connectivity index (χ3v) is 3.51. The quantitative estimate of drug-likeness (QED) is 0.858. The van der Waals surface area contributed by atoms with Gasteiger partial charge in [-0.3, -0.25) is 0 Å². The van der Waals surface area contributed by atoms with E-state index in [4.69, 9.17) is 14.2 Å². The first kappa shape index (κ1) is 14.3. The molecule has 1 heterocycles. The van der Waals surface area contributed by atoms with Crippen molar-refractivity contribution in [2.24, 2.45) is 0 Å². The van der Waals surface area contributed by atoms with Gasteiger partial charge in [0.1, 0.15) is 6.10 Å². The molecule has 0 amide bonds. The van der Waals surface area contributed by atoms with Gasteiger partial charge in [-0.25, -0.2) is 0 Å². The second-order valence-corrected chi connectivity index (χ2v) is 5.33. The maximum Gasteiger partial charge on any atom is 0.184 e. The van der Waals surface area contributed by atoms with Crippen molar-refractivity contribution < 1.29 is 14.2 Å². The molecule has 0 spiro atoms. The van der Waals surface area contributed by atoms with E-state index in [-0.39, 0.29) is 12.4 Å². The van der Waals surface area contributed by atoms with E-state index in [0.717, 1.165) is 5.56 Å². The van der Waals surface area contributed by atoms with Crippen LogP contribution < -0.4 is 0 Å². The first-order chi connectivity index (χ1) is 10.3. The van der Waals surface area contributed by atoms with Crippen LogP contribution in [-0.4, -0.2) is 19.3 Å². The highest BCUT2D eigenvalue weighted by Crippen LogP contribution is 2.23. The van der Waals surface area contributed by atoms with E-state index < -0.39 is 0 Å². The molecular formula is C18H20O3. The Bertz CT molecular complexity index is 560. The van der Waals surface area contributed by atoms with Crippen molar-refractivity contribution >= 4 is 0 Å². The molecular weight excluding hydrogens is 264 g/mol. The molecule has 1 fully saturated rings. The maximum atomic E-state index is 5.86. The molecule has 110 valence electrons. The first-order valence-electron chi connectivity index (χ1n) is 7.26. The van der Waals surface area contributed by atoms with Gasteiger partial charge >= 0.3 is 0 Å². The van der Waals surface area contributed by atoms with Gasteiger partial charge in [-0.1, -0.05) is 60.2 Å². The lowest BCUT2D eigenvalue weighted by Gasteiger charge is -2.29. The summed E-state index contributed by atoms with van der Waals surface area (Å²) in [6, 6.07) is 18.3. The third-order valence-electron chi connectivity index (χ3n) is 3.51. The molecule has 0 N–H and O–H groups in total. The monoisotopic (exact) mass is 284 g/mol. The second kappa shape index (κ2) is 6.85. The lowest BCUT2D eigenvalue weighted by Crippen LogP contribution is -2.33. The predicted octanol–water partition coefficient (Wildman–Crippen LogP) is 3.63. The molecule has 2 aromatic rings. The Morgan fingerprint density at radius 3 is 2.48 bits per heavy atom. The molecule has 0 atom stereocenters. The standard InChI is InChI=1S/C18H20O3/c1-14-6-5-7-15(10-14)11-19-17-12-20-18(21-13-17)16-8-3-2-4-9-16/h2-10,17-18H,11-13H2,1H3. The van der Waals surface area contributed by atoms with Crippen LogP contribution in [0.1, 0.15) is 23.0 Å². The molecule has 21 heavy (non-hydrogen) atoms. The molecule has 3 heteroatoms. The summed E-state index contributed by atoms with van der Waals surface area (Å²) < 4.78 is 17.3. The molecule has 0 saturated carbocycles. The van der Waals surface area contributed by atoms with Gasteiger partial charge in [-0.2, -0.15) is 0 Å². The van der Waals surface area contributed by atoms with Crippen LogP contribution in [0.3, 0.4) is 0 Å². The zero-order valence-electron chi connectivity index (χ0n) is 12.2. The lowest BCUT2D eigenvalue weighted by molar-refractivity contribution is -0.232. The van der Waals surface area contributed by atoms with Gasteiger partial charge in [0.2, 0.25) is 0 Å². The average molecular weight is 284 g/mol. The molecule has 3 nitrogen and oxygen atoms in total. The first-order valence-corrected chi connectivity index (χ1v) is 7.26. The van der Waals surface area contributed by atoms with Crippen LogP contribution in [0.15, 0.2) is 54.6 Å². The van der Waals surface area contributed by atoms with Crippen molar-refractivity contribution in [3.05, 3.63) is 71.3 Å². The highest BCUT2D eigenvalue weighted by molar-refractivity contribution is 5.21. The van der Waals surface area contributed by atoms with Crippen molar-refractivity contribution in [1.82, 2.24) is 0 Å².